The Hall–Kier alpha value is -2.06. The van der Waals surface area contributed by atoms with Crippen molar-refractivity contribution in [2.24, 2.45) is 17.3 Å². The molecule has 0 amide bonds. The number of imidazole rings is 1. The van der Waals surface area contributed by atoms with Crippen molar-refractivity contribution in [3.8, 4) is 0 Å². The molecule has 27 heavy (non-hydrogen) atoms. The van der Waals surface area contributed by atoms with Crippen LogP contribution in [0.25, 0.3) is 0 Å². The fourth-order valence-corrected chi connectivity index (χ4v) is 3.40. The van der Waals surface area contributed by atoms with Gasteiger partial charge < -0.3 is 21.9 Å². The quantitative estimate of drug-likeness (QED) is 0.404. The highest BCUT2D eigenvalue weighted by Gasteiger charge is 2.07. The molecule has 2 aromatic heterocycles. The van der Waals surface area contributed by atoms with Crippen LogP contribution in [0.3, 0.4) is 0 Å². The molecule has 0 spiro atoms. The van der Waals surface area contributed by atoms with Crippen molar-refractivity contribution in [1.29, 1.82) is 0 Å². The van der Waals surface area contributed by atoms with E-state index in [2.05, 4.69) is 67.0 Å². The number of anilines is 1. The maximum Gasteiger partial charge on any atom is 0.243 e. The maximum atomic E-state index is 4.39. The summed E-state index contributed by atoms with van der Waals surface area (Å²) in [7, 11) is 2.04. The molecule has 0 atom stereocenters. The van der Waals surface area contributed by atoms with Gasteiger partial charge in [0, 0.05) is 17.1 Å². The lowest BCUT2D eigenvalue weighted by atomic mass is 10.2. The monoisotopic (exact) mass is 448 g/mol. The maximum absolute atomic E-state index is 4.39. The molecule has 3 aromatic rings. The van der Waals surface area contributed by atoms with Gasteiger partial charge in [-0.3, -0.25) is 0 Å². The molecule has 0 aliphatic carbocycles. The summed E-state index contributed by atoms with van der Waals surface area (Å²) >= 11 is 1.57. The van der Waals surface area contributed by atoms with Gasteiger partial charge in [-0.15, -0.1) is 10.2 Å². The molecule has 0 aliphatic heterocycles. The molecule has 0 saturated carbocycles. The van der Waals surface area contributed by atoms with Crippen LogP contribution in [-0.2, 0) is 13.6 Å². The Labute approximate surface area is 175 Å². The summed E-state index contributed by atoms with van der Waals surface area (Å²) < 4.78 is 4.25. The zero-order valence-electron chi connectivity index (χ0n) is 16.1. The first-order chi connectivity index (χ1) is 12.5. The molecule has 8 heteroatoms. The SMILES string of the molecule is CCN(CCn1cc[n+](C)c1)c1ccc(/N=N/c2nc(C)c(C)s2)cc1.[Br-]. The highest BCUT2D eigenvalue weighted by atomic mass is 79.9. The molecule has 3 rings (SSSR count). The molecule has 144 valence electrons. The molecule has 0 radical (unpaired) electrons. The molecule has 0 aliphatic rings. The average molecular weight is 449 g/mol. The minimum Gasteiger partial charge on any atom is -1.00 e. The van der Waals surface area contributed by atoms with Gasteiger partial charge in [0.2, 0.25) is 11.5 Å². The molecule has 1 aromatic carbocycles. The van der Waals surface area contributed by atoms with E-state index in [4.69, 9.17) is 0 Å². The number of aryl methyl sites for hydroxylation is 3. The van der Waals surface area contributed by atoms with Crippen LogP contribution < -0.4 is 26.4 Å². The van der Waals surface area contributed by atoms with Crippen molar-refractivity contribution in [2.75, 3.05) is 18.0 Å². The van der Waals surface area contributed by atoms with Crippen molar-refractivity contribution < 1.29 is 21.5 Å². The Balaban J connectivity index is 0.00000261. The second-order valence-corrected chi connectivity index (χ2v) is 7.43. The normalized spacial score (nSPS) is 11.0. The van der Waals surface area contributed by atoms with Crippen LogP contribution in [0.15, 0.2) is 53.2 Å². The number of halogens is 1. The smallest absolute Gasteiger partial charge is 0.243 e. The molecule has 0 N–H and O–H groups in total. The second kappa shape index (κ2) is 9.75. The summed E-state index contributed by atoms with van der Waals surface area (Å²) in [5, 5.41) is 9.25. The van der Waals surface area contributed by atoms with E-state index >= 15 is 0 Å². The number of aromatic nitrogens is 3. The predicted molar refractivity (Wildman–Crippen MR) is 106 cm³/mol. The summed E-state index contributed by atoms with van der Waals surface area (Å²) in [6, 6.07) is 8.21. The lowest BCUT2D eigenvalue weighted by molar-refractivity contribution is -0.671. The van der Waals surface area contributed by atoms with Gasteiger partial charge in [-0.1, -0.05) is 11.3 Å². The van der Waals surface area contributed by atoms with Crippen LogP contribution in [0, 0.1) is 13.8 Å². The first kappa shape index (κ1) is 21.2. The minimum atomic E-state index is 0. The van der Waals surface area contributed by atoms with E-state index < -0.39 is 0 Å². The van der Waals surface area contributed by atoms with Gasteiger partial charge >= 0.3 is 0 Å². The predicted octanol–water partition coefficient (Wildman–Crippen LogP) is 1.33. The van der Waals surface area contributed by atoms with Gasteiger partial charge in [-0.25, -0.2) is 14.1 Å². The molecule has 6 nitrogen and oxygen atoms in total. The average Bonchev–Trinajstić information content (AvgIpc) is 3.20. The number of benzene rings is 1. The van der Waals surface area contributed by atoms with E-state index in [0.29, 0.717) is 5.13 Å². The lowest BCUT2D eigenvalue weighted by Gasteiger charge is -2.22. The van der Waals surface area contributed by atoms with Gasteiger partial charge in [0.05, 0.1) is 25.0 Å². The van der Waals surface area contributed by atoms with Crippen LogP contribution in [0.1, 0.15) is 17.5 Å². The highest BCUT2D eigenvalue weighted by molar-refractivity contribution is 7.15. The number of thiazole rings is 1. The van der Waals surface area contributed by atoms with E-state index in [1.54, 1.807) is 11.3 Å². The molecule has 0 fully saturated rings. The summed E-state index contributed by atoms with van der Waals surface area (Å²) in [4.78, 5) is 7.93. The van der Waals surface area contributed by atoms with Gasteiger partial charge in [-0.05, 0) is 45.0 Å². The summed E-state index contributed by atoms with van der Waals surface area (Å²) in [5.74, 6) is 0. The zero-order chi connectivity index (χ0) is 18.5. The Morgan fingerprint density at radius 2 is 1.93 bits per heavy atom. The third-order valence-corrected chi connectivity index (χ3v) is 5.27. The van der Waals surface area contributed by atoms with Crippen LogP contribution in [-0.4, -0.2) is 22.6 Å². The van der Waals surface area contributed by atoms with Gasteiger partial charge in [0.15, 0.2) is 0 Å². The largest absolute Gasteiger partial charge is 1.00 e. The molecule has 0 saturated heterocycles. The number of hydrogen-bond donors (Lipinski definition) is 0. The van der Waals surface area contributed by atoms with Crippen LogP contribution in [0.4, 0.5) is 16.5 Å². The van der Waals surface area contributed by atoms with Crippen molar-refractivity contribution in [3.63, 3.8) is 0 Å². The van der Waals surface area contributed by atoms with Gasteiger partial charge in [-0.2, -0.15) is 0 Å². The molecule has 2 heterocycles. The molecular formula is C19H25BrN6S. The topological polar surface area (TPSA) is 49.7 Å². The number of nitrogens with zero attached hydrogens (tertiary/aromatic N) is 6. The Kier molecular flexibility index (Phi) is 7.67. The van der Waals surface area contributed by atoms with Crippen LogP contribution >= 0.6 is 11.3 Å². The van der Waals surface area contributed by atoms with E-state index in [9.17, 15) is 0 Å². The summed E-state index contributed by atoms with van der Waals surface area (Å²) in [6.07, 6.45) is 6.25. The van der Waals surface area contributed by atoms with Crippen molar-refractivity contribution >= 4 is 27.8 Å². The van der Waals surface area contributed by atoms with Crippen molar-refractivity contribution in [1.82, 2.24) is 9.55 Å². The van der Waals surface area contributed by atoms with E-state index in [1.165, 1.54) is 10.6 Å². The van der Waals surface area contributed by atoms with E-state index in [-0.39, 0.29) is 17.0 Å². The van der Waals surface area contributed by atoms with E-state index in [0.717, 1.165) is 31.0 Å². The second-order valence-electron chi connectivity index (χ2n) is 6.25. The number of azo groups is 1. The lowest BCUT2D eigenvalue weighted by Crippen LogP contribution is -3.00. The van der Waals surface area contributed by atoms with Gasteiger partial charge in [0.25, 0.3) is 0 Å². The number of rotatable bonds is 7. The highest BCUT2D eigenvalue weighted by Crippen LogP contribution is 2.26. The van der Waals surface area contributed by atoms with Crippen LogP contribution in [0.5, 0.6) is 0 Å². The Bertz CT molecular complexity index is 864. The standard InChI is InChI=1S/C19H25N6S.BrH/c1-5-25(13-12-24-11-10-23(4)14-24)18-8-6-17(7-9-18)21-22-19-20-15(2)16(3)26-19;/h6-11,14H,5,12-13H2,1-4H3;1H/q+1;/p-1/b22-21+;. The number of hydrogen-bond acceptors (Lipinski definition) is 5. The minimum absolute atomic E-state index is 0. The fraction of sp³-hybridized carbons (Fsp3) is 0.368. The van der Waals surface area contributed by atoms with Gasteiger partial charge in [0.1, 0.15) is 18.9 Å². The van der Waals surface area contributed by atoms with Crippen LogP contribution in [0.2, 0.25) is 0 Å². The fourth-order valence-electron chi connectivity index (χ4n) is 2.67. The molecular weight excluding hydrogens is 424 g/mol. The number of likely N-dealkylation sites (N-methyl/N-ethyl adjacent to an activating group) is 1. The molecule has 0 unspecified atom stereocenters. The first-order valence-electron chi connectivity index (χ1n) is 8.77. The molecule has 0 bridgehead atoms. The van der Waals surface area contributed by atoms with E-state index in [1.807, 2.05) is 33.0 Å². The van der Waals surface area contributed by atoms with Crippen molar-refractivity contribution in [2.45, 2.75) is 27.3 Å². The summed E-state index contributed by atoms with van der Waals surface area (Å²) in [6.45, 7) is 9.10. The third-order valence-electron chi connectivity index (χ3n) is 4.32. The third kappa shape index (κ3) is 5.71. The first-order valence-corrected chi connectivity index (χ1v) is 9.58. The summed E-state index contributed by atoms with van der Waals surface area (Å²) in [5.41, 5.74) is 3.06. The Morgan fingerprint density at radius 3 is 2.48 bits per heavy atom. The zero-order valence-corrected chi connectivity index (χ0v) is 18.5. The van der Waals surface area contributed by atoms with Crippen molar-refractivity contribution in [3.05, 3.63) is 53.6 Å². The Morgan fingerprint density at radius 1 is 1.19 bits per heavy atom.